The van der Waals surface area contributed by atoms with E-state index in [0.717, 1.165) is 31.4 Å². The first-order valence-electron chi connectivity index (χ1n) is 39.0. The topological polar surface area (TPSA) is 466 Å². The number of halogens is 3. The molecule has 648 valence electrons. The van der Waals surface area contributed by atoms with Crippen LogP contribution in [0.3, 0.4) is 0 Å². The molecule has 0 fully saturated rings. The van der Waals surface area contributed by atoms with Gasteiger partial charge in [0.25, 0.3) is 17.7 Å². The summed E-state index contributed by atoms with van der Waals surface area (Å²) in [6, 6.07) is 65.6. The zero-order chi connectivity index (χ0) is 90.3. The number of amides is 3. The van der Waals surface area contributed by atoms with Gasteiger partial charge in [-0.1, -0.05) is 218 Å². The third-order valence-electron chi connectivity index (χ3n) is 21.3. The third-order valence-corrected chi connectivity index (χ3v) is 21.3. The molecule has 0 aliphatic heterocycles. The normalized spacial score (nSPS) is 13.6. The maximum absolute atomic E-state index is 15.4. The van der Waals surface area contributed by atoms with E-state index < -0.39 is 200 Å². The maximum Gasteiger partial charge on any atom is 1.00 e. The molecule has 9 aromatic carbocycles. The Labute approximate surface area is 791 Å². The zero-order valence-corrected chi connectivity index (χ0v) is 76.1. The molecule has 0 saturated heterocycles. The van der Waals surface area contributed by atoms with Crippen LogP contribution in [-0.4, -0.2) is 188 Å². The fourth-order valence-corrected chi connectivity index (χ4v) is 14.7. The molecule has 0 unspecified atom stereocenters. The summed E-state index contributed by atoms with van der Waals surface area (Å²) in [4.78, 5) is 146. The van der Waals surface area contributed by atoms with Gasteiger partial charge in [-0.2, -0.15) is 0 Å². The fourth-order valence-electron chi connectivity index (χ4n) is 14.7. The first kappa shape index (κ1) is 108. The summed E-state index contributed by atoms with van der Waals surface area (Å²) < 4.78 is 46.2. The molecule has 9 N–H and O–H groups in total. The second-order valence-electron chi connectivity index (χ2n) is 29.4. The standard InChI is InChI=1S/3C31H32FNO8.3Na/c3*1-19(33(18-28(36)37)30(39)29(38)25(31(40)41)17-27(34)35)23(14-12-20-8-4-2-5-9-20)22-13-15-24(26(32)16-22)21-10-6-3-7-11-21;;;/h3*2-11,13,15-16,19,23,25,29,38H,12,14,17-18H2,1H3,(H,34,35)(H,36,37)(H,40,41);;;/q;;;3*+1/p-3/t3*19-,23+,25-,29-;;;/m111.../s1. The van der Waals surface area contributed by atoms with E-state index in [1.165, 1.54) is 39.0 Å². The van der Waals surface area contributed by atoms with Crippen molar-refractivity contribution >= 4 is 71.4 Å². The molecule has 0 aliphatic carbocycles. The van der Waals surface area contributed by atoms with Gasteiger partial charge < -0.3 is 90.4 Å². The van der Waals surface area contributed by atoms with E-state index in [1.54, 1.807) is 127 Å². The number of aryl methyl sites for hydroxylation is 3. The molecule has 0 bridgehead atoms. The number of carbonyl (C=O) groups excluding carboxylic acids is 6. The van der Waals surface area contributed by atoms with Crippen molar-refractivity contribution in [2.45, 2.75) is 133 Å². The Kier molecular flexibility index (Phi) is 45.3. The van der Waals surface area contributed by atoms with Crippen LogP contribution in [0, 0.1) is 35.2 Å². The van der Waals surface area contributed by atoms with Gasteiger partial charge in [-0.15, -0.1) is 0 Å². The van der Waals surface area contributed by atoms with E-state index in [-0.39, 0.29) is 88.7 Å². The van der Waals surface area contributed by atoms with Crippen molar-refractivity contribution < 1.29 is 221 Å². The average Bonchev–Trinajstić information content (AvgIpc) is 0.806. The number of nitrogens with zero attached hydrogens (tertiary/aromatic N) is 3. The van der Waals surface area contributed by atoms with Gasteiger partial charge in [0.05, 0.1) is 17.8 Å². The minimum atomic E-state index is -2.35. The van der Waals surface area contributed by atoms with Gasteiger partial charge in [-0.05, 0) is 128 Å². The van der Waals surface area contributed by atoms with Gasteiger partial charge in [0.1, 0.15) is 55.4 Å². The van der Waals surface area contributed by atoms with Gasteiger partial charge in [0.15, 0.2) is 0 Å². The second-order valence-corrected chi connectivity index (χ2v) is 29.4. The van der Waals surface area contributed by atoms with E-state index in [0.29, 0.717) is 88.6 Å². The number of hydrogen-bond donors (Lipinski definition) is 9. The van der Waals surface area contributed by atoms with Gasteiger partial charge in [-0.3, -0.25) is 43.2 Å². The summed E-state index contributed by atoms with van der Waals surface area (Å²) in [7, 11) is 0. The van der Waals surface area contributed by atoms with Crippen LogP contribution in [-0.2, 0) is 76.8 Å². The quantitative estimate of drug-likeness (QED) is 0.0210. The smallest absolute Gasteiger partial charge is 0.550 e. The molecule has 0 aromatic heterocycles. The van der Waals surface area contributed by atoms with E-state index in [1.807, 2.05) is 91.0 Å². The molecule has 33 heteroatoms. The fraction of sp³-hybridized carbons (Fsp3) is 0.290. The molecule has 0 heterocycles. The Bertz CT molecular complexity index is 4620. The van der Waals surface area contributed by atoms with Gasteiger partial charge in [-0.25, -0.2) is 13.2 Å². The number of benzene rings is 9. The molecule has 12 atom stereocenters. The van der Waals surface area contributed by atoms with Crippen LogP contribution in [0.5, 0.6) is 0 Å². The van der Waals surface area contributed by atoms with Crippen molar-refractivity contribution in [3.63, 3.8) is 0 Å². The Balaban J connectivity index is 0.000000392. The molecule has 27 nitrogen and oxygen atoms in total. The van der Waals surface area contributed by atoms with Crippen molar-refractivity contribution in [1.29, 1.82) is 0 Å². The number of aliphatic hydroxyl groups excluding tert-OH is 3. The van der Waals surface area contributed by atoms with Gasteiger partial charge in [0, 0.05) is 89.7 Å². The number of carboxylic acids is 9. The number of rotatable bonds is 42. The van der Waals surface area contributed by atoms with Crippen molar-refractivity contribution in [1.82, 2.24) is 14.7 Å². The van der Waals surface area contributed by atoms with Crippen molar-refractivity contribution in [2.75, 3.05) is 19.6 Å². The van der Waals surface area contributed by atoms with Crippen LogP contribution in [0.4, 0.5) is 13.2 Å². The van der Waals surface area contributed by atoms with Crippen LogP contribution in [0.2, 0.25) is 0 Å². The van der Waals surface area contributed by atoms with Crippen LogP contribution in [0.1, 0.15) is 110 Å². The number of carbonyl (C=O) groups is 12. The second kappa shape index (κ2) is 53.0. The molecule has 0 saturated carbocycles. The Morgan fingerprint density at radius 1 is 0.310 bits per heavy atom. The monoisotopic (exact) mass is 1760 g/mol. The number of carboxylic acid groups (broad SMARTS) is 9. The summed E-state index contributed by atoms with van der Waals surface area (Å²) in [6.07, 6.45) is -8.02. The number of hydrogen-bond acceptors (Lipinski definition) is 18. The first-order valence-corrected chi connectivity index (χ1v) is 39.0. The maximum atomic E-state index is 15.4. The van der Waals surface area contributed by atoms with Gasteiger partial charge in [0.2, 0.25) is 0 Å². The summed E-state index contributed by atoms with van der Waals surface area (Å²) >= 11 is 0. The summed E-state index contributed by atoms with van der Waals surface area (Å²) in [6.45, 7) is 1.88. The van der Waals surface area contributed by atoms with Crippen molar-refractivity contribution in [2.24, 2.45) is 17.8 Å². The first-order chi connectivity index (χ1) is 58.5. The third kappa shape index (κ3) is 32.0. The van der Waals surface area contributed by atoms with Crippen LogP contribution >= 0.6 is 0 Å². The average molecular weight is 1760 g/mol. The van der Waals surface area contributed by atoms with Crippen LogP contribution < -0.4 is 104 Å². The zero-order valence-electron chi connectivity index (χ0n) is 70.1. The van der Waals surface area contributed by atoms with Crippen molar-refractivity contribution in [3.05, 3.63) is 287 Å². The molecule has 0 radical (unpaired) electrons. The largest absolute Gasteiger partial charge is 1.00 e. The Morgan fingerprint density at radius 3 is 0.683 bits per heavy atom. The SMILES string of the molecule is C[C@H]([C@H](CCc1ccccc1)c1ccc(-c2ccccc2)c(F)c1)N(CC(=O)O)C(=O)[C@H](O)[C@@H](CC(=O)[O-])C(=O)O.C[C@H]([C@H](CCc1ccccc1)c1ccc(-c2ccccc2)c(F)c1)N(CC(=O)O)C(=O)[C@H](O)[C@@H](CC(=O)[O-])C(=O)O.C[C@H]([C@H](CCc1ccccc1)c1ccc(-c2ccccc2)c(F)c1)N(CC(=O)O)C(=O)[C@H](O)[C@@H](CC(=O)[O-])C(=O)O.[Na+].[Na+].[Na+]. The van der Waals surface area contributed by atoms with E-state index >= 15 is 13.2 Å². The van der Waals surface area contributed by atoms with E-state index in [9.17, 15) is 119 Å². The van der Waals surface area contributed by atoms with E-state index in [4.69, 9.17) is 0 Å². The molecule has 126 heavy (non-hydrogen) atoms. The van der Waals surface area contributed by atoms with Crippen molar-refractivity contribution in [3.8, 4) is 33.4 Å². The van der Waals surface area contributed by atoms with E-state index in [2.05, 4.69) is 0 Å². The Hall–Kier alpha value is -10.7. The molecule has 3 amide bonds. The molecule has 0 spiro atoms. The number of aliphatic carboxylic acids is 9. The minimum absolute atomic E-state index is 0. The predicted molar refractivity (Wildman–Crippen MR) is 435 cm³/mol. The minimum Gasteiger partial charge on any atom is -0.550 e. The predicted octanol–water partition coefficient (Wildman–Crippen LogP) is -0.851. The number of aliphatic hydroxyl groups is 3. The molecule has 9 rings (SSSR count). The summed E-state index contributed by atoms with van der Waals surface area (Å²) in [5, 5.41) is 122. The Morgan fingerprint density at radius 2 is 0.508 bits per heavy atom. The van der Waals surface area contributed by atoms with Gasteiger partial charge >= 0.3 is 124 Å². The summed E-state index contributed by atoms with van der Waals surface area (Å²) in [5.74, 6) is -28.4. The molecular formula is C93H93F3N3Na3O24. The summed E-state index contributed by atoms with van der Waals surface area (Å²) in [5.41, 5.74) is 7.26. The van der Waals surface area contributed by atoms with Crippen LogP contribution in [0.15, 0.2) is 237 Å². The molecule has 9 aromatic rings. The van der Waals surface area contributed by atoms with Crippen LogP contribution in [0.25, 0.3) is 33.4 Å². The molecular weight excluding hydrogens is 1670 g/mol. The molecule has 0 aliphatic rings.